The van der Waals surface area contributed by atoms with E-state index in [0.29, 0.717) is 19.8 Å². The van der Waals surface area contributed by atoms with Gasteiger partial charge in [0.25, 0.3) is 0 Å². The van der Waals surface area contributed by atoms with Gasteiger partial charge in [0, 0.05) is 25.9 Å². The first-order valence-electron chi connectivity index (χ1n) is 8.33. The highest BCUT2D eigenvalue weighted by Crippen LogP contribution is 2.19. The van der Waals surface area contributed by atoms with Crippen LogP contribution in [-0.4, -0.2) is 28.6 Å². The van der Waals surface area contributed by atoms with E-state index in [-0.39, 0.29) is 0 Å². The van der Waals surface area contributed by atoms with Crippen LogP contribution in [0.4, 0.5) is 0 Å². The summed E-state index contributed by atoms with van der Waals surface area (Å²) in [6.07, 6.45) is 4.87. The van der Waals surface area contributed by atoms with Gasteiger partial charge in [-0.1, -0.05) is 50.3 Å². The SMILES string of the molecule is C=Cc1cccc(CCCO[Si](CCC)(OCC)OCC)c1. The van der Waals surface area contributed by atoms with Crippen LogP contribution in [0.1, 0.15) is 44.7 Å². The zero-order chi connectivity index (χ0) is 16.3. The molecule has 0 unspecified atom stereocenters. The fraction of sp³-hybridized carbons (Fsp3) is 0.556. The quantitative estimate of drug-likeness (QED) is 0.412. The van der Waals surface area contributed by atoms with Crippen molar-refractivity contribution in [2.75, 3.05) is 19.8 Å². The molecule has 0 N–H and O–H groups in total. The van der Waals surface area contributed by atoms with Crippen molar-refractivity contribution in [1.82, 2.24) is 0 Å². The van der Waals surface area contributed by atoms with Crippen molar-refractivity contribution < 1.29 is 13.3 Å². The van der Waals surface area contributed by atoms with Crippen LogP contribution >= 0.6 is 0 Å². The molecule has 4 heteroatoms. The Morgan fingerprint density at radius 2 is 1.82 bits per heavy atom. The fourth-order valence-corrected chi connectivity index (χ4v) is 5.10. The Morgan fingerprint density at radius 3 is 2.41 bits per heavy atom. The molecule has 1 aromatic carbocycles. The van der Waals surface area contributed by atoms with Crippen molar-refractivity contribution in [3.05, 3.63) is 42.0 Å². The third-order valence-electron chi connectivity index (χ3n) is 3.40. The zero-order valence-corrected chi connectivity index (χ0v) is 15.3. The van der Waals surface area contributed by atoms with Gasteiger partial charge >= 0.3 is 8.80 Å². The molecular formula is C18H30O3Si. The molecule has 0 aliphatic heterocycles. The number of rotatable bonds is 12. The van der Waals surface area contributed by atoms with Gasteiger partial charge in [-0.05, 0) is 37.8 Å². The molecule has 0 heterocycles. The Morgan fingerprint density at radius 1 is 1.09 bits per heavy atom. The van der Waals surface area contributed by atoms with Gasteiger partial charge in [0.1, 0.15) is 0 Å². The molecule has 22 heavy (non-hydrogen) atoms. The maximum absolute atomic E-state index is 6.10. The van der Waals surface area contributed by atoms with Gasteiger partial charge in [-0.15, -0.1) is 0 Å². The maximum atomic E-state index is 6.10. The monoisotopic (exact) mass is 322 g/mol. The lowest BCUT2D eigenvalue weighted by Crippen LogP contribution is -2.46. The topological polar surface area (TPSA) is 27.7 Å². The Kier molecular flexibility index (Phi) is 9.32. The highest BCUT2D eigenvalue weighted by molar-refractivity contribution is 6.60. The minimum atomic E-state index is -2.47. The van der Waals surface area contributed by atoms with Gasteiger partial charge in [-0.3, -0.25) is 0 Å². The lowest BCUT2D eigenvalue weighted by Gasteiger charge is -2.28. The smallest absolute Gasteiger partial charge is 0.374 e. The van der Waals surface area contributed by atoms with E-state index in [1.54, 1.807) is 0 Å². The maximum Gasteiger partial charge on any atom is 0.500 e. The Bertz CT molecular complexity index is 417. The average Bonchev–Trinajstić information content (AvgIpc) is 2.53. The first-order chi connectivity index (χ1) is 10.7. The fourth-order valence-electron chi connectivity index (χ4n) is 2.47. The van der Waals surface area contributed by atoms with Crippen LogP contribution in [0.3, 0.4) is 0 Å². The average molecular weight is 323 g/mol. The Hall–Kier alpha value is -0.943. The van der Waals surface area contributed by atoms with Gasteiger partial charge < -0.3 is 13.3 Å². The largest absolute Gasteiger partial charge is 0.500 e. The molecule has 1 aromatic rings. The zero-order valence-electron chi connectivity index (χ0n) is 14.3. The second-order valence-corrected chi connectivity index (χ2v) is 7.93. The molecule has 0 aromatic heterocycles. The summed E-state index contributed by atoms with van der Waals surface area (Å²) in [5.74, 6) is 0. The van der Waals surface area contributed by atoms with E-state index in [1.165, 1.54) is 5.56 Å². The molecule has 124 valence electrons. The normalized spacial score (nSPS) is 11.6. The third-order valence-corrected chi connectivity index (χ3v) is 6.62. The van der Waals surface area contributed by atoms with Gasteiger partial charge in [0.2, 0.25) is 0 Å². The molecule has 0 saturated carbocycles. The number of hydrogen-bond donors (Lipinski definition) is 0. The minimum Gasteiger partial charge on any atom is -0.374 e. The van der Waals surface area contributed by atoms with Crippen molar-refractivity contribution in [2.45, 2.75) is 46.1 Å². The van der Waals surface area contributed by atoms with Gasteiger partial charge in [-0.2, -0.15) is 0 Å². The highest BCUT2D eigenvalue weighted by atomic mass is 28.4. The lowest BCUT2D eigenvalue weighted by molar-refractivity contribution is 0.0661. The Labute approximate surface area is 136 Å². The van der Waals surface area contributed by atoms with Crippen LogP contribution in [0, 0.1) is 0 Å². The van der Waals surface area contributed by atoms with Crippen molar-refractivity contribution in [3.8, 4) is 0 Å². The predicted octanol–water partition coefficient (Wildman–Crippen LogP) is 4.70. The minimum absolute atomic E-state index is 0.646. The number of aryl methyl sites for hydroxylation is 1. The predicted molar refractivity (Wildman–Crippen MR) is 94.9 cm³/mol. The summed E-state index contributed by atoms with van der Waals surface area (Å²) >= 11 is 0. The van der Waals surface area contributed by atoms with Crippen molar-refractivity contribution in [2.24, 2.45) is 0 Å². The standard InChI is InChI=1S/C18H30O3Si/c1-5-15-22(19-7-3,20-8-4)21-14-10-13-18-12-9-11-17(6-2)16-18/h6,9,11-12,16H,2,5,7-8,10,13-15H2,1,3-4H3. The molecule has 3 nitrogen and oxygen atoms in total. The number of benzene rings is 1. The van der Waals surface area contributed by atoms with Crippen LogP contribution in [-0.2, 0) is 19.7 Å². The van der Waals surface area contributed by atoms with E-state index in [4.69, 9.17) is 13.3 Å². The van der Waals surface area contributed by atoms with E-state index in [2.05, 4.69) is 37.8 Å². The van der Waals surface area contributed by atoms with Crippen LogP contribution in [0.25, 0.3) is 6.08 Å². The van der Waals surface area contributed by atoms with Gasteiger partial charge in [-0.25, -0.2) is 0 Å². The summed E-state index contributed by atoms with van der Waals surface area (Å²) in [4.78, 5) is 0. The van der Waals surface area contributed by atoms with E-state index in [0.717, 1.165) is 30.9 Å². The molecule has 0 saturated heterocycles. The number of hydrogen-bond acceptors (Lipinski definition) is 3. The summed E-state index contributed by atoms with van der Waals surface area (Å²) in [6.45, 7) is 11.9. The van der Waals surface area contributed by atoms with E-state index in [1.807, 2.05) is 19.9 Å². The highest BCUT2D eigenvalue weighted by Gasteiger charge is 2.39. The summed E-state index contributed by atoms with van der Waals surface area (Å²) in [5, 5.41) is 0. The molecular weight excluding hydrogens is 292 g/mol. The summed E-state index contributed by atoms with van der Waals surface area (Å²) < 4.78 is 17.9. The van der Waals surface area contributed by atoms with Gasteiger partial charge in [0.05, 0.1) is 0 Å². The summed E-state index contributed by atoms with van der Waals surface area (Å²) in [5.41, 5.74) is 2.48. The van der Waals surface area contributed by atoms with E-state index in [9.17, 15) is 0 Å². The first kappa shape index (κ1) is 19.1. The van der Waals surface area contributed by atoms with Crippen molar-refractivity contribution in [3.63, 3.8) is 0 Å². The summed E-state index contributed by atoms with van der Waals surface area (Å²) in [7, 11) is -2.47. The van der Waals surface area contributed by atoms with E-state index < -0.39 is 8.80 Å². The molecule has 0 aliphatic carbocycles. The van der Waals surface area contributed by atoms with Crippen molar-refractivity contribution in [1.29, 1.82) is 0 Å². The molecule has 0 aliphatic rings. The van der Waals surface area contributed by atoms with Crippen LogP contribution in [0.15, 0.2) is 30.8 Å². The molecule has 0 atom stereocenters. The molecule has 1 rings (SSSR count). The third kappa shape index (κ3) is 6.44. The second kappa shape index (κ2) is 10.7. The molecule has 0 fully saturated rings. The second-order valence-electron chi connectivity index (χ2n) is 5.20. The molecule has 0 bridgehead atoms. The lowest BCUT2D eigenvalue weighted by atomic mass is 10.1. The van der Waals surface area contributed by atoms with Crippen LogP contribution in [0.5, 0.6) is 0 Å². The molecule has 0 spiro atoms. The Balaban J connectivity index is 2.48. The van der Waals surface area contributed by atoms with Gasteiger partial charge in [0.15, 0.2) is 0 Å². The molecule has 0 amide bonds. The summed E-state index contributed by atoms with van der Waals surface area (Å²) in [6, 6.07) is 9.35. The van der Waals surface area contributed by atoms with E-state index >= 15 is 0 Å². The van der Waals surface area contributed by atoms with Crippen LogP contribution in [0.2, 0.25) is 6.04 Å². The van der Waals surface area contributed by atoms with Crippen LogP contribution < -0.4 is 0 Å². The van der Waals surface area contributed by atoms with Crippen molar-refractivity contribution >= 4 is 14.9 Å². The molecule has 0 radical (unpaired) electrons. The first-order valence-corrected chi connectivity index (χ1v) is 10.3.